The van der Waals surface area contributed by atoms with Crippen LogP contribution in [-0.2, 0) is 17.6 Å². The molecule has 1 heterocycles. The molecular formula is C17H16BrNO. The molecule has 0 aromatic heterocycles. The lowest BCUT2D eigenvalue weighted by atomic mass is 10.0. The van der Waals surface area contributed by atoms with E-state index >= 15 is 0 Å². The molecule has 0 saturated carbocycles. The number of rotatable bonds is 3. The Morgan fingerprint density at radius 1 is 1.20 bits per heavy atom. The summed E-state index contributed by atoms with van der Waals surface area (Å²) in [5, 5.41) is 2.87. The molecule has 1 unspecified atom stereocenters. The number of nitrogens with one attached hydrogen (secondary N) is 1. The molecule has 3 heteroatoms. The molecule has 0 bridgehead atoms. The fourth-order valence-electron chi connectivity index (χ4n) is 2.49. The van der Waals surface area contributed by atoms with E-state index in [9.17, 15) is 4.79 Å². The number of fused-ring (bicyclic) bond motifs is 1. The van der Waals surface area contributed by atoms with Gasteiger partial charge in [-0.05, 0) is 36.1 Å². The Bertz CT molecular complexity index is 649. The molecule has 0 fully saturated rings. The maximum absolute atomic E-state index is 11.4. The van der Waals surface area contributed by atoms with Crippen molar-refractivity contribution >= 4 is 27.5 Å². The Morgan fingerprint density at radius 2 is 1.95 bits per heavy atom. The summed E-state index contributed by atoms with van der Waals surface area (Å²) in [6.45, 7) is 2.10. The van der Waals surface area contributed by atoms with Crippen LogP contribution in [-0.4, -0.2) is 5.91 Å². The monoisotopic (exact) mass is 329 g/mol. The molecule has 102 valence electrons. The van der Waals surface area contributed by atoms with Crippen LogP contribution in [0.25, 0.3) is 0 Å². The van der Waals surface area contributed by atoms with Crippen molar-refractivity contribution in [3.8, 4) is 0 Å². The van der Waals surface area contributed by atoms with Crippen molar-refractivity contribution in [2.24, 2.45) is 0 Å². The molecule has 0 aliphatic carbocycles. The predicted molar refractivity (Wildman–Crippen MR) is 85.3 cm³/mol. The smallest absolute Gasteiger partial charge is 0.228 e. The lowest BCUT2D eigenvalue weighted by Crippen LogP contribution is -2.03. The second-order valence-electron chi connectivity index (χ2n) is 5.30. The largest absolute Gasteiger partial charge is 0.326 e. The van der Waals surface area contributed by atoms with E-state index in [1.54, 1.807) is 0 Å². The van der Waals surface area contributed by atoms with E-state index in [4.69, 9.17) is 0 Å². The molecule has 0 saturated heterocycles. The van der Waals surface area contributed by atoms with Gasteiger partial charge in [0, 0.05) is 10.5 Å². The predicted octanol–water partition coefficient (Wildman–Crippen LogP) is 4.17. The number of anilines is 1. The van der Waals surface area contributed by atoms with E-state index < -0.39 is 0 Å². The van der Waals surface area contributed by atoms with E-state index in [0.717, 1.165) is 17.7 Å². The summed E-state index contributed by atoms with van der Waals surface area (Å²) in [7, 11) is 0. The lowest BCUT2D eigenvalue weighted by molar-refractivity contribution is -0.115. The van der Waals surface area contributed by atoms with Gasteiger partial charge in [0.1, 0.15) is 0 Å². The first kappa shape index (κ1) is 13.4. The van der Waals surface area contributed by atoms with Crippen LogP contribution in [0.15, 0.2) is 42.5 Å². The average Bonchev–Trinajstić information content (AvgIpc) is 2.80. The van der Waals surface area contributed by atoms with E-state index in [2.05, 4.69) is 64.6 Å². The molecule has 0 radical (unpaired) electrons. The van der Waals surface area contributed by atoms with Crippen LogP contribution in [0.3, 0.4) is 0 Å². The molecular weight excluding hydrogens is 314 g/mol. The van der Waals surface area contributed by atoms with Crippen molar-refractivity contribution in [3.63, 3.8) is 0 Å². The SMILES string of the molecule is Cc1ccc(CC(Br)c2ccc3c(c2)CC(=O)N3)cc1. The third kappa shape index (κ3) is 2.78. The van der Waals surface area contributed by atoms with Crippen molar-refractivity contribution in [1.82, 2.24) is 0 Å². The summed E-state index contributed by atoms with van der Waals surface area (Å²) in [6.07, 6.45) is 1.44. The molecule has 20 heavy (non-hydrogen) atoms. The van der Waals surface area contributed by atoms with E-state index in [0.29, 0.717) is 6.42 Å². The average molecular weight is 330 g/mol. The molecule has 1 atom stereocenters. The molecule has 2 aromatic rings. The van der Waals surface area contributed by atoms with Gasteiger partial charge < -0.3 is 5.32 Å². The number of carbonyl (C=O) groups is 1. The summed E-state index contributed by atoms with van der Waals surface area (Å²) in [6, 6.07) is 14.8. The van der Waals surface area contributed by atoms with E-state index in [-0.39, 0.29) is 10.7 Å². The third-order valence-electron chi connectivity index (χ3n) is 3.65. The quantitative estimate of drug-likeness (QED) is 0.841. The number of halogens is 1. The molecule has 1 aliphatic heterocycles. The molecule has 1 aliphatic rings. The summed E-state index contributed by atoms with van der Waals surface area (Å²) < 4.78 is 0. The minimum atomic E-state index is 0.0850. The van der Waals surface area contributed by atoms with Crippen LogP contribution < -0.4 is 5.32 Å². The number of carbonyl (C=O) groups excluding carboxylic acids is 1. The van der Waals surface area contributed by atoms with Gasteiger partial charge in [-0.15, -0.1) is 0 Å². The standard InChI is InChI=1S/C17H16BrNO/c1-11-2-4-12(5-3-11)8-15(18)13-6-7-16-14(9-13)10-17(20)19-16/h2-7,9,15H,8,10H2,1H3,(H,19,20). The van der Waals surface area contributed by atoms with Gasteiger partial charge in [-0.2, -0.15) is 0 Å². The Kier molecular flexibility index (Phi) is 3.62. The van der Waals surface area contributed by atoms with Crippen molar-refractivity contribution in [2.75, 3.05) is 5.32 Å². The maximum atomic E-state index is 11.4. The first-order valence-electron chi connectivity index (χ1n) is 6.74. The Labute approximate surface area is 127 Å². The van der Waals surface area contributed by atoms with Crippen molar-refractivity contribution < 1.29 is 4.79 Å². The fourth-order valence-corrected chi connectivity index (χ4v) is 3.15. The van der Waals surface area contributed by atoms with Crippen LogP contribution in [0.2, 0.25) is 0 Å². The van der Waals surface area contributed by atoms with Crippen molar-refractivity contribution in [2.45, 2.75) is 24.6 Å². The van der Waals surface area contributed by atoms with Crippen LogP contribution in [0.4, 0.5) is 5.69 Å². The van der Waals surface area contributed by atoms with Gasteiger partial charge in [0.05, 0.1) is 6.42 Å². The van der Waals surface area contributed by atoms with Gasteiger partial charge in [0.25, 0.3) is 0 Å². The van der Waals surface area contributed by atoms with Gasteiger partial charge in [-0.1, -0.05) is 57.9 Å². The third-order valence-corrected chi connectivity index (χ3v) is 4.50. The highest BCUT2D eigenvalue weighted by Crippen LogP contribution is 2.32. The van der Waals surface area contributed by atoms with Crippen molar-refractivity contribution in [3.05, 3.63) is 64.7 Å². The van der Waals surface area contributed by atoms with Gasteiger partial charge in [0.15, 0.2) is 0 Å². The highest BCUT2D eigenvalue weighted by atomic mass is 79.9. The summed E-state index contributed by atoms with van der Waals surface area (Å²) in [4.78, 5) is 11.7. The first-order valence-corrected chi connectivity index (χ1v) is 7.66. The zero-order chi connectivity index (χ0) is 14.1. The van der Waals surface area contributed by atoms with Crippen LogP contribution in [0.5, 0.6) is 0 Å². The Balaban J connectivity index is 1.77. The lowest BCUT2D eigenvalue weighted by Gasteiger charge is -2.12. The number of hydrogen-bond donors (Lipinski definition) is 1. The van der Waals surface area contributed by atoms with Gasteiger partial charge in [-0.3, -0.25) is 4.79 Å². The van der Waals surface area contributed by atoms with Crippen LogP contribution in [0, 0.1) is 6.92 Å². The number of hydrogen-bond acceptors (Lipinski definition) is 1. The molecule has 2 nitrogen and oxygen atoms in total. The van der Waals surface area contributed by atoms with E-state index in [1.165, 1.54) is 16.7 Å². The number of benzene rings is 2. The number of alkyl halides is 1. The number of aryl methyl sites for hydroxylation is 1. The Hall–Kier alpha value is -1.61. The maximum Gasteiger partial charge on any atom is 0.228 e. The van der Waals surface area contributed by atoms with Gasteiger partial charge >= 0.3 is 0 Å². The summed E-state index contributed by atoms with van der Waals surface area (Å²) in [5.74, 6) is 0.0850. The minimum Gasteiger partial charge on any atom is -0.326 e. The molecule has 1 N–H and O–H groups in total. The number of amides is 1. The molecule has 0 spiro atoms. The van der Waals surface area contributed by atoms with Gasteiger partial charge in [0.2, 0.25) is 5.91 Å². The normalized spacial score (nSPS) is 14.8. The van der Waals surface area contributed by atoms with Crippen LogP contribution >= 0.6 is 15.9 Å². The first-order chi connectivity index (χ1) is 9.61. The minimum absolute atomic E-state index is 0.0850. The summed E-state index contributed by atoms with van der Waals surface area (Å²) >= 11 is 3.76. The highest BCUT2D eigenvalue weighted by molar-refractivity contribution is 9.09. The molecule has 2 aromatic carbocycles. The molecule has 1 amide bonds. The zero-order valence-electron chi connectivity index (χ0n) is 11.3. The fraction of sp³-hybridized carbons (Fsp3) is 0.235. The summed E-state index contributed by atoms with van der Waals surface area (Å²) in [5.41, 5.74) is 5.87. The molecule has 3 rings (SSSR count). The van der Waals surface area contributed by atoms with Crippen molar-refractivity contribution in [1.29, 1.82) is 0 Å². The Morgan fingerprint density at radius 3 is 2.70 bits per heavy atom. The van der Waals surface area contributed by atoms with E-state index in [1.807, 2.05) is 6.07 Å². The second kappa shape index (κ2) is 5.41. The highest BCUT2D eigenvalue weighted by Gasteiger charge is 2.19. The van der Waals surface area contributed by atoms with Crippen LogP contribution in [0.1, 0.15) is 27.1 Å². The zero-order valence-corrected chi connectivity index (χ0v) is 12.9. The topological polar surface area (TPSA) is 29.1 Å². The second-order valence-corrected chi connectivity index (χ2v) is 6.40. The van der Waals surface area contributed by atoms with Gasteiger partial charge in [-0.25, -0.2) is 0 Å².